The molecule has 0 aromatic heterocycles. The number of hydrogen-bond donors (Lipinski definition) is 1. The molecule has 1 aliphatic carbocycles. The molecule has 0 aromatic rings. The van der Waals surface area contributed by atoms with Crippen LogP contribution in [-0.4, -0.2) is 35.3 Å². The Morgan fingerprint density at radius 2 is 2.00 bits per heavy atom. The Bertz CT molecular complexity index is 313. The van der Waals surface area contributed by atoms with Crippen molar-refractivity contribution < 1.29 is 9.59 Å². The summed E-state index contributed by atoms with van der Waals surface area (Å²) in [5.41, 5.74) is 0. The van der Waals surface area contributed by atoms with Crippen molar-refractivity contribution >= 4 is 11.8 Å². The molecule has 1 saturated heterocycles. The van der Waals surface area contributed by atoms with E-state index in [1.165, 1.54) is 0 Å². The molecule has 1 saturated carbocycles. The molecular formula is C13H22N2O2. The maximum atomic E-state index is 12.3. The molecule has 2 amide bonds. The first-order valence-corrected chi connectivity index (χ1v) is 6.79. The van der Waals surface area contributed by atoms with E-state index in [0.29, 0.717) is 12.3 Å². The third kappa shape index (κ3) is 2.45. The number of carbonyl (C=O) groups is 2. The number of piperazine rings is 1. The van der Waals surface area contributed by atoms with Gasteiger partial charge in [0.1, 0.15) is 12.1 Å². The molecule has 1 heterocycles. The third-order valence-electron chi connectivity index (χ3n) is 3.73. The topological polar surface area (TPSA) is 49.4 Å². The van der Waals surface area contributed by atoms with Crippen molar-refractivity contribution in [1.82, 2.24) is 10.2 Å². The normalized spacial score (nSPS) is 29.4. The van der Waals surface area contributed by atoms with Crippen LogP contribution in [0, 0.1) is 5.92 Å². The summed E-state index contributed by atoms with van der Waals surface area (Å²) in [6.45, 7) is 4.79. The van der Waals surface area contributed by atoms with Crippen LogP contribution in [0.15, 0.2) is 0 Å². The average molecular weight is 238 g/mol. The summed E-state index contributed by atoms with van der Waals surface area (Å²) in [5.74, 6) is 0.598. The summed E-state index contributed by atoms with van der Waals surface area (Å²) >= 11 is 0. The quantitative estimate of drug-likeness (QED) is 0.785. The lowest BCUT2D eigenvalue weighted by Crippen LogP contribution is -2.63. The number of nitrogens with zero attached hydrogens (tertiary/aromatic N) is 1. The van der Waals surface area contributed by atoms with Crippen molar-refractivity contribution in [2.24, 2.45) is 5.92 Å². The first-order chi connectivity index (χ1) is 8.19. The molecule has 0 aromatic carbocycles. The van der Waals surface area contributed by atoms with E-state index in [1.807, 2.05) is 11.8 Å². The second-order valence-electron chi connectivity index (χ2n) is 5.14. The molecular weight excluding hydrogens is 216 g/mol. The van der Waals surface area contributed by atoms with Crippen LogP contribution in [0.3, 0.4) is 0 Å². The van der Waals surface area contributed by atoms with E-state index in [2.05, 4.69) is 12.2 Å². The van der Waals surface area contributed by atoms with Crippen molar-refractivity contribution in [2.75, 3.05) is 6.54 Å². The molecule has 4 nitrogen and oxygen atoms in total. The Kier molecular flexibility index (Phi) is 3.69. The summed E-state index contributed by atoms with van der Waals surface area (Å²) in [6.07, 6.45) is 4.90. The van der Waals surface area contributed by atoms with E-state index in [9.17, 15) is 9.59 Å². The number of carbonyl (C=O) groups excluding carboxylic acids is 2. The Labute approximate surface area is 103 Å². The van der Waals surface area contributed by atoms with Gasteiger partial charge in [-0.15, -0.1) is 0 Å². The van der Waals surface area contributed by atoms with E-state index < -0.39 is 0 Å². The van der Waals surface area contributed by atoms with Gasteiger partial charge < -0.3 is 10.2 Å². The molecule has 0 spiro atoms. The van der Waals surface area contributed by atoms with Crippen molar-refractivity contribution in [3.63, 3.8) is 0 Å². The van der Waals surface area contributed by atoms with Gasteiger partial charge in [-0.25, -0.2) is 0 Å². The van der Waals surface area contributed by atoms with Gasteiger partial charge in [0.2, 0.25) is 11.8 Å². The van der Waals surface area contributed by atoms with Crippen LogP contribution < -0.4 is 5.32 Å². The summed E-state index contributed by atoms with van der Waals surface area (Å²) in [7, 11) is 0. The molecule has 2 atom stereocenters. The van der Waals surface area contributed by atoms with E-state index in [4.69, 9.17) is 0 Å². The summed E-state index contributed by atoms with van der Waals surface area (Å²) < 4.78 is 0. The molecule has 0 bridgehead atoms. The zero-order chi connectivity index (χ0) is 12.4. The van der Waals surface area contributed by atoms with Crippen LogP contribution >= 0.6 is 0 Å². The minimum absolute atomic E-state index is 0.0649. The molecule has 1 aliphatic heterocycles. The fourth-order valence-corrected chi connectivity index (χ4v) is 2.53. The van der Waals surface area contributed by atoms with E-state index in [-0.39, 0.29) is 23.9 Å². The number of unbranched alkanes of at least 4 members (excludes halogenated alkanes) is 1. The van der Waals surface area contributed by atoms with Crippen molar-refractivity contribution in [3.8, 4) is 0 Å². The zero-order valence-corrected chi connectivity index (χ0v) is 10.7. The van der Waals surface area contributed by atoms with E-state index in [0.717, 1.165) is 32.2 Å². The third-order valence-corrected chi connectivity index (χ3v) is 3.73. The molecule has 2 aliphatic rings. The zero-order valence-electron chi connectivity index (χ0n) is 10.7. The maximum Gasteiger partial charge on any atom is 0.245 e. The van der Waals surface area contributed by atoms with Gasteiger partial charge in [-0.1, -0.05) is 20.3 Å². The van der Waals surface area contributed by atoms with Crippen LogP contribution in [0.25, 0.3) is 0 Å². The Hall–Kier alpha value is -1.06. The molecule has 4 heteroatoms. The standard InChI is InChI=1S/C13H22N2O2/c1-3-5-8-15-11(9-6-7-9)12(16)14-10(4-2)13(15)17/h9-11H,3-8H2,1-2H3,(H,14,16). The largest absolute Gasteiger partial charge is 0.343 e. The smallest absolute Gasteiger partial charge is 0.245 e. The molecule has 17 heavy (non-hydrogen) atoms. The van der Waals surface area contributed by atoms with Crippen molar-refractivity contribution in [3.05, 3.63) is 0 Å². The monoisotopic (exact) mass is 238 g/mol. The minimum atomic E-state index is -0.297. The average Bonchev–Trinajstić information content (AvgIpc) is 3.13. The second-order valence-corrected chi connectivity index (χ2v) is 5.14. The van der Waals surface area contributed by atoms with Gasteiger partial charge in [0, 0.05) is 6.54 Å². The van der Waals surface area contributed by atoms with Gasteiger partial charge in [0.25, 0.3) is 0 Å². The highest BCUT2D eigenvalue weighted by atomic mass is 16.2. The van der Waals surface area contributed by atoms with E-state index >= 15 is 0 Å². The number of rotatable bonds is 5. The van der Waals surface area contributed by atoms with Crippen LogP contribution in [0.1, 0.15) is 46.0 Å². The lowest BCUT2D eigenvalue weighted by atomic mass is 10.0. The molecule has 1 N–H and O–H groups in total. The maximum absolute atomic E-state index is 12.3. The highest BCUT2D eigenvalue weighted by Crippen LogP contribution is 2.37. The summed E-state index contributed by atoms with van der Waals surface area (Å²) in [5, 5.41) is 2.86. The van der Waals surface area contributed by atoms with Gasteiger partial charge in [0.05, 0.1) is 0 Å². The molecule has 0 radical (unpaired) electrons. The van der Waals surface area contributed by atoms with Crippen LogP contribution in [0.4, 0.5) is 0 Å². The van der Waals surface area contributed by atoms with Crippen LogP contribution in [0.5, 0.6) is 0 Å². The molecule has 2 unspecified atom stereocenters. The lowest BCUT2D eigenvalue weighted by molar-refractivity contribution is -0.150. The number of hydrogen-bond acceptors (Lipinski definition) is 2. The Morgan fingerprint density at radius 3 is 2.53 bits per heavy atom. The molecule has 96 valence electrons. The summed E-state index contributed by atoms with van der Waals surface area (Å²) in [4.78, 5) is 26.2. The Morgan fingerprint density at radius 1 is 1.29 bits per heavy atom. The summed E-state index contributed by atoms with van der Waals surface area (Å²) in [6, 6.07) is -0.480. The van der Waals surface area contributed by atoms with Gasteiger partial charge in [-0.2, -0.15) is 0 Å². The SMILES string of the molecule is CCCCN1C(=O)C(CC)NC(=O)C1C1CC1. The van der Waals surface area contributed by atoms with Gasteiger partial charge in [-0.3, -0.25) is 9.59 Å². The number of nitrogens with one attached hydrogen (secondary N) is 1. The second kappa shape index (κ2) is 5.07. The van der Waals surface area contributed by atoms with Crippen molar-refractivity contribution in [2.45, 2.75) is 58.0 Å². The number of amides is 2. The Balaban J connectivity index is 2.12. The van der Waals surface area contributed by atoms with Crippen LogP contribution in [-0.2, 0) is 9.59 Å². The van der Waals surface area contributed by atoms with Crippen LogP contribution in [0.2, 0.25) is 0 Å². The minimum Gasteiger partial charge on any atom is -0.343 e. The molecule has 2 fully saturated rings. The fraction of sp³-hybridized carbons (Fsp3) is 0.846. The fourth-order valence-electron chi connectivity index (χ4n) is 2.53. The highest BCUT2D eigenvalue weighted by molar-refractivity contribution is 5.97. The van der Waals surface area contributed by atoms with Gasteiger partial charge in [0.15, 0.2) is 0 Å². The first kappa shape index (κ1) is 12.4. The molecule has 2 rings (SSSR count). The highest BCUT2D eigenvalue weighted by Gasteiger charge is 2.46. The van der Waals surface area contributed by atoms with Gasteiger partial charge in [-0.05, 0) is 31.6 Å². The van der Waals surface area contributed by atoms with Crippen molar-refractivity contribution in [1.29, 1.82) is 0 Å². The van der Waals surface area contributed by atoms with Gasteiger partial charge >= 0.3 is 0 Å². The predicted molar refractivity (Wildman–Crippen MR) is 65.4 cm³/mol. The lowest BCUT2D eigenvalue weighted by Gasteiger charge is -2.39. The first-order valence-electron chi connectivity index (χ1n) is 6.79. The van der Waals surface area contributed by atoms with E-state index in [1.54, 1.807) is 0 Å². The predicted octanol–water partition coefficient (Wildman–Crippen LogP) is 1.30.